The highest BCUT2D eigenvalue weighted by molar-refractivity contribution is 6.17. The van der Waals surface area contributed by atoms with Gasteiger partial charge in [0.1, 0.15) is 11.3 Å². The summed E-state index contributed by atoms with van der Waals surface area (Å²) in [5.41, 5.74) is 14.0. The van der Waals surface area contributed by atoms with E-state index in [9.17, 15) is 0 Å². The fraction of sp³-hybridized carbons (Fsp3) is 0.137. The van der Waals surface area contributed by atoms with Crippen LogP contribution >= 0.6 is 0 Å². The molecule has 0 amide bonds. The highest BCUT2D eigenvalue weighted by Crippen LogP contribution is 2.56. The van der Waals surface area contributed by atoms with Crippen molar-refractivity contribution in [2.75, 3.05) is 0 Å². The third kappa shape index (κ3) is 5.67. The fourth-order valence-corrected chi connectivity index (χ4v) is 8.17. The molecule has 0 radical (unpaired) electrons. The number of hydrogen-bond donors (Lipinski definition) is 0. The molecule has 0 spiro atoms. The summed E-state index contributed by atoms with van der Waals surface area (Å²) < 4.78 is 6.63. The molecule has 52 heavy (non-hydrogen) atoms. The minimum absolute atomic E-state index is 0.213. The van der Waals surface area contributed by atoms with Crippen molar-refractivity contribution >= 4 is 45.5 Å². The maximum Gasteiger partial charge on any atom is 0.143 e. The molecule has 0 saturated heterocycles. The average molecular weight is 675 g/mol. The van der Waals surface area contributed by atoms with Crippen LogP contribution in [0.3, 0.4) is 0 Å². The Kier molecular flexibility index (Phi) is 9.30. The SMILES string of the molecule is C=C/C=C\C(=C)c1ccc(-c2ccccccc(-c3ccc4c(c3)-c3c(c5c(C)c(/C=C\C)oc5c5ccccc35)C4(C)C)/c(=C/C)c2=CC)cc1. The van der Waals surface area contributed by atoms with Crippen LogP contribution in [0.2, 0.25) is 0 Å². The van der Waals surface area contributed by atoms with Crippen molar-refractivity contribution in [3.8, 4) is 33.4 Å². The summed E-state index contributed by atoms with van der Waals surface area (Å²) in [7, 11) is 0. The van der Waals surface area contributed by atoms with Gasteiger partial charge in [0, 0.05) is 21.8 Å². The van der Waals surface area contributed by atoms with E-state index in [2.05, 4.69) is 175 Å². The van der Waals surface area contributed by atoms with Crippen LogP contribution in [0, 0.1) is 6.92 Å². The summed E-state index contributed by atoms with van der Waals surface area (Å²) in [6.45, 7) is 21.3. The van der Waals surface area contributed by atoms with Crippen molar-refractivity contribution < 1.29 is 4.42 Å². The number of rotatable bonds is 6. The van der Waals surface area contributed by atoms with Gasteiger partial charge in [0.2, 0.25) is 0 Å². The van der Waals surface area contributed by atoms with Gasteiger partial charge in [-0.25, -0.2) is 0 Å². The maximum absolute atomic E-state index is 6.63. The molecule has 0 saturated carbocycles. The van der Waals surface area contributed by atoms with E-state index in [1.54, 1.807) is 6.08 Å². The summed E-state index contributed by atoms with van der Waals surface area (Å²) in [4.78, 5) is 0. The van der Waals surface area contributed by atoms with Gasteiger partial charge < -0.3 is 4.42 Å². The Morgan fingerprint density at radius 2 is 1.33 bits per heavy atom. The largest absolute Gasteiger partial charge is 0.456 e. The molecule has 0 atom stereocenters. The van der Waals surface area contributed by atoms with Crippen LogP contribution in [-0.2, 0) is 5.41 Å². The van der Waals surface area contributed by atoms with Crippen molar-refractivity contribution in [2.45, 2.75) is 47.0 Å². The lowest BCUT2D eigenvalue weighted by atomic mass is 9.79. The second-order valence-electron chi connectivity index (χ2n) is 14.0. The molecule has 1 nitrogen and oxygen atoms in total. The zero-order valence-corrected chi connectivity index (χ0v) is 31.2. The van der Waals surface area contributed by atoms with Crippen LogP contribution in [0.25, 0.3) is 78.9 Å². The van der Waals surface area contributed by atoms with E-state index in [-0.39, 0.29) is 5.41 Å². The first-order valence-electron chi connectivity index (χ1n) is 18.2. The van der Waals surface area contributed by atoms with E-state index in [0.29, 0.717) is 0 Å². The standard InChI is InChI=1S/C51H46O/c1-9-13-21-33(5)35-26-28-36(29-27-35)40-22-16-14-15-17-23-41(39(12-4)38(40)11-3)37-30-31-45-44(32-37)48-42-24-18-19-25-43(42)50-47(49(48)51(45,7)8)34(6)46(52-50)20-10-2/h9-32H,1,5H2,2-4,6-8H3/b16-14?,17-15?,20-10-,21-13-,38-11?,39-12+,40-22?,41-23?. The third-order valence-electron chi connectivity index (χ3n) is 10.6. The van der Waals surface area contributed by atoms with Gasteiger partial charge in [0.15, 0.2) is 0 Å². The Hall–Kier alpha value is -5.92. The Labute approximate surface area is 308 Å². The van der Waals surface area contributed by atoms with Crippen LogP contribution in [0.15, 0.2) is 145 Å². The number of hydrogen-bond acceptors (Lipinski definition) is 1. The van der Waals surface area contributed by atoms with Crippen LogP contribution in [0.5, 0.6) is 0 Å². The van der Waals surface area contributed by atoms with Crippen molar-refractivity contribution in [3.05, 3.63) is 179 Å². The zero-order valence-electron chi connectivity index (χ0n) is 31.2. The molecular formula is C51H46O. The molecule has 0 aliphatic heterocycles. The normalized spacial score (nSPS) is 14.0. The van der Waals surface area contributed by atoms with Crippen LogP contribution < -0.4 is 10.4 Å². The van der Waals surface area contributed by atoms with E-state index >= 15 is 0 Å². The number of furan rings is 1. The average Bonchev–Trinajstić information content (AvgIpc) is 3.61. The second kappa shape index (κ2) is 14.0. The fourth-order valence-electron chi connectivity index (χ4n) is 8.17. The first-order valence-corrected chi connectivity index (χ1v) is 18.2. The monoisotopic (exact) mass is 674 g/mol. The minimum atomic E-state index is -0.213. The van der Waals surface area contributed by atoms with E-state index < -0.39 is 0 Å². The topological polar surface area (TPSA) is 13.1 Å². The van der Waals surface area contributed by atoms with E-state index in [1.165, 1.54) is 65.7 Å². The molecule has 6 aromatic rings. The number of benzene rings is 4. The van der Waals surface area contributed by atoms with Gasteiger partial charge in [0.05, 0.1) is 0 Å². The Balaban J connectivity index is 1.50. The molecule has 1 heterocycles. The number of aryl methyl sites for hydroxylation is 1. The Morgan fingerprint density at radius 3 is 1.96 bits per heavy atom. The molecule has 1 heteroatoms. The van der Waals surface area contributed by atoms with Gasteiger partial charge in [0.25, 0.3) is 0 Å². The molecule has 0 N–H and O–H groups in total. The summed E-state index contributed by atoms with van der Waals surface area (Å²) in [5, 5.41) is 6.00. The van der Waals surface area contributed by atoms with Crippen LogP contribution in [-0.4, -0.2) is 0 Å². The van der Waals surface area contributed by atoms with E-state index in [0.717, 1.165) is 33.4 Å². The predicted molar refractivity (Wildman–Crippen MR) is 227 cm³/mol. The van der Waals surface area contributed by atoms with Gasteiger partial charge >= 0.3 is 0 Å². The molecule has 0 fully saturated rings. The number of fused-ring (bicyclic) bond motifs is 8. The molecule has 256 valence electrons. The molecular weight excluding hydrogens is 629 g/mol. The van der Waals surface area contributed by atoms with Gasteiger partial charge in [-0.3, -0.25) is 0 Å². The maximum atomic E-state index is 6.63. The van der Waals surface area contributed by atoms with Crippen molar-refractivity contribution in [1.82, 2.24) is 0 Å². The van der Waals surface area contributed by atoms with Crippen molar-refractivity contribution in [2.24, 2.45) is 0 Å². The lowest BCUT2D eigenvalue weighted by Crippen LogP contribution is -2.27. The summed E-state index contributed by atoms with van der Waals surface area (Å²) in [6, 6.07) is 37.5. The van der Waals surface area contributed by atoms with Crippen LogP contribution in [0.4, 0.5) is 0 Å². The molecule has 1 aliphatic rings. The summed E-state index contributed by atoms with van der Waals surface area (Å²) in [6.07, 6.45) is 14.3. The summed E-state index contributed by atoms with van der Waals surface area (Å²) in [5.74, 6) is 0.931. The lowest BCUT2D eigenvalue weighted by Gasteiger charge is -2.23. The Morgan fingerprint density at radius 1 is 0.712 bits per heavy atom. The highest BCUT2D eigenvalue weighted by Gasteiger charge is 2.40. The Bertz CT molecular complexity index is 2650. The van der Waals surface area contributed by atoms with E-state index in [4.69, 9.17) is 4.42 Å². The first-order chi connectivity index (χ1) is 25.2. The van der Waals surface area contributed by atoms with Crippen molar-refractivity contribution in [1.29, 1.82) is 0 Å². The molecule has 5 aromatic carbocycles. The highest BCUT2D eigenvalue weighted by atomic mass is 16.3. The first kappa shape index (κ1) is 34.5. The molecule has 0 unspecified atom stereocenters. The molecule has 0 bridgehead atoms. The van der Waals surface area contributed by atoms with Gasteiger partial charge in [-0.05, 0) is 111 Å². The number of allylic oxidation sites excluding steroid dienone is 5. The van der Waals surface area contributed by atoms with Gasteiger partial charge in [-0.15, -0.1) is 0 Å². The van der Waals surface area contributed by atoms with Gasteiger partial charge in [-0.2, -0.15) is 0 Å². The van der Waals surface area contributed by atoms with Gasteiger partial charge in [-0.1, -0.05) is 161 Å². The quantitative estimate of drug-likeness (QED) is 0.160. The smallest absolute Gasteiger partial charge is 0.143 e. The minimum Gasteiger partial charge on any atom is -0.456 e. The predicted octanol–water partition coefficient (Wildman–Crippen LogP) is 13.0. The molecule has 1 aliphatic carbocycles. The lowest BCUT2D eigenvalue weighted by molar-refractivity contribution is 0.603. The molecule has 7 rings (SSSR count). The third-order valence-corrected chi connectivity index (χ3v) is 10.6. The van der Waals surface area contributed by atoms with Crippen LogP contribution in [0.1, 0.15) is 62.6 Å². The zero-order chi connectivity index (χ0) is 36.6. The molecule has 1 aromatic heterocycles. The van der Waals surface area contributed by atoms with E-state index in [1.807, 2.05) is 19.1 Å². The summed E-state index contributed by atoms with van der Waals surface area (Å²) >= 11 is 0. The van der Waals surface area contributed by atoms with Crippen molar-refractivity contribution in [3.63, 3.8) is 0 Å². The second-order valence-corrected chi connectivity index (χ2v) is 14.0.